The Balaban J connectivity index is 2.84. The van der Waals surface area contributed by atoms with Crippen LogP contribution in [0.4, 0.5) is 5.69 Å². The lowest BCUT2D eigenvalue weighted by Gasteiger charge is -2.17. The molecule has 0 saturated carbocycles. The molecule has 0 bridgehead atoms. The van der Waals surface area contributed by atoms with Gasteiger partial charge in [-0.1, -0.05) is 11.6 Å². The zero-order chi connectivity index (χ0) is 13.4. The first kappa shape index (κ1) is 14.0. The van der Waals surface area contributed by atoms with Gasteiger partial charge in [0.1, 0.15) is 12.9 Å². The molecule has 0 saturated heterocycles. The summed E-state index contributed by atoms with van der Waals surface area (Å²) in [6.07, 6.45) is 2.91. The van der Waals surface area contributed by atoms with Crippen molar-refractivity contribution in [3.05, 3.63) is 29.3 Å². The number of hydrogen-bond donors (Lipinski definition) is 0. The molecule has 0 aliphatic heterocycles. The second kappa shape index (κ2) is 7.30. The standard InChI is InChI=1S/C12H12ClN3O2/c1-2-18-12(17)7-16(9-15-8-14)11-5-3-10(13)4-6-11/h3-6,9H,2,7H2,1H3. The van der Waals surface area contributed by atoms with Gasteiger partial charge in [-0.3, -0.25) is 4.79 Å². The summed E-state index contributed by atoms with van der Waals surface area (Å²) in [6.45, 7) is 2.03. The quantitative estimate of drug-likeness (QED) is 0.354. The molecular formula is C12H12ClN3O2. The van der Waals surface area contributed by atoms with E-state index in [2.05, 4.69) is 4.99 Å². The first-order valence-electron chi connectivity index (χ1n) is 5.27. The highest BCUT2D eigenvalue weighted by Crippen LogP contribution is 2.16. The zero-order valence-electron chi connectivity index (χ0n) is 9.84. The third kappa shape index (κ3) is 4.44. The Hall–Kier alpha value is -2.06. The van der Waals surface area contributed by atoms with E-state index in [0.29, 0.717) is 17.3 Å². The number of rotatable bonds is 5. The van der Waals surface area contributed by atoms with Crippen LogP contribution in [0, 0.1) is 11.5 Å². The Bertz CT molecular complexity index is 465. The van der Waals surface area contributed by atoms with Crippen LogP contribution < -0.4 is 4.90 Å². The van der Waals surface area contributed by atoms with Gasteiger partial charge in [-0.05, 0) is 31.2 Å². The van der Waals surface area contributed by atoms with Gasteiger partial charge in [0.25, 0.3) is 0 Å². The lowest BCUT2D eigenvalue weighted by molar-refractivity contribution is -0.141. The number of benzene rings is 1. The predicted molar refractivity (Wildman–Crippen MR) is 69.5 cm³/mol. The SMILES string of the molecule is CCOC(=O)CN(C=NC#N)c1ccc(Cl)cc1. The number of nitriles is 1. The summed E-state index contributed by atoms with van der Waals surface area (Å²) in [5, 5.41) is 9.02. The lowest BCUT2D eigenvalue weighted by Crippen LogP contribution is -2.29. The molecule has 0 aliphatic carbocycles. The molecule has 1 aromatic rings. The maximum atomic E-state index is 11.4. The summed E-state index contributed by atoms with van der Waals surface area (Å²) < 4.78 is 4.85. The Kier molecular flexibility index (Phi) is 5.68. The topological polar surface area (TPSA) is 65.7 Å². The molecule has 0 radical (unpaired) electrons. The summed E-state index contributed by atoms with van der Waals surface area (Å²) in [5.41, 5.74) is 0.700. The van der Waals surface area contributed by atoms with E-state index in [1.807, 2.05) is 0 Å². The average Bonchev–Trinajstić information content (AvgIpc) is 2.36. The van der Waals surface area contributed by atoms with E-state index in [-0.39, 0.29) is 6.54 Å². The normalized spacial score (nSPS) is 10.1. The van der Waals surface area contributed by atoms with Crippen LogP contribution in [0.15, 0.2) is 29.3 Å². The van der Waals surface area contributed by atoms with Crippen LogP contribution in [-0.2, 0) is 9.53 Å². The van der Waals surface area contributed by atoms with Crippen molar-refractivity contribution >= 4 is 29.6 Å². The first-order chi connectivity index (χ1) is 8.67. The van der Waals surface area contributed by atoms with Gasteiger partial charge >= 0.3 is 5.97 Å². The molecule has 1 rings (SSSR count). The van der Waals surface area contributed by atoms with Crippen LogP contribution in [0.25, 0.3) is 0 Å². The molecule has 0 atom stereocenters. The number of anilines is 1. The highest BCUT2D eigenvalue weighted by atomic mass is 35.5. The van der Waals surface area contributed by atoms with Crippen LogP contribution in [0.2, 0.25) is 5.02 Å². The molecule has 18 heavy (non-hydrogen) atoms. The predicted octanol–water partition coefficient (Wildman–Crippen LogP) is 2.22. The summed E-state index contributed by atoms with van der Waals surface area (Å²) in [4.78, 5) is 16.4. The average molecular weight is 266 g/mol. The smallest absolute Gasteiger partial charge is 0.325 e. The molecule has 5 nitrogen and oxygen atoms in total. The number of carbonyl (C=O) groups excluding carboxylic acids is 1. The third-order valence-electron chi connectivity index (χ3n) is 2.02. The summed E-state index contributed by atoms with van der Waals surface area (Å²) in [6, 6.07) is 6.83. The maximum Gasteiger partial charge on any atom is 0.325 e. The molecule has 94 valence electrons. The van der Waals surface area contributed by atoms with E-state index in [1.54, 1.807) is 37.4 Å². The van der Waals surface area contributed by atoms with Crippen molar-refractivity contribution in [1.82, 2.24) is 0 Å². The fourth-order valence-corrected chi connectivity index (χ4v) is 1.40. The number of carbonyl (C=O) groups is 1. The zero-order valence-corrected chi connectivity index (χ0v) is 10.6. The highest BCUT2D eigenvalue weighted by Gasteiger charge is 2.10. The van der Waals surface area contributed by atoms with E-state index in [1.165, 1.54) is 11.2 Å². The van der Waals surface area contributed by atoms with Crippen molar-refractivity contribution in [2.75, 3.05) is 18.1 Å². The largest absolute Gasteiger partial charge is 0.465 e. The van der Waals surface area contributed by atoms with Crippen LogP contribution in [-0.4, -0.2) is 25.5 Å². The molecule has 0 amide bonds. The molecule has 6 heteroatoms. The van der Waals surface area contributed by atoms with E-state index in [9.17, 15) is 4.79 Å². The van der Waals surface area contributed by atoms with Crippen molar-refractivity contribution in [2.24, 2.45) is 4.99 Å². The Labute approximate surface area is 110 Å². The minimum absolute atomic E-state index is 0.0132. The number of nitrogens with zero attached hydrogens (tertiary/aromatic N) is 3. The minimum atomic E-state index is -0.392. The van der Waals surface area contributed by atoms with Crippen molar-refractivity contribution in [1.29, 1.82) is 5.26 Å². The van der Waals surface area contributed by atoms with Gasteiger partial charge < -0.3 is 9.64 Å². The fraction of sp³-hybridized carbons (Fsp3) is 0.250. The van der Waals surface area contributed by atoms with E-state index >= 15 is 0 Å². The highest BCUT2D eigenvalue weighted by molar-refractivity contribution is 6.30. The van der Waals surface area contributed by atoms with Gasteiger partial charge in [-0.15, -0.1) is 0 Å². The van der Waals surface area contributed by atoms with E-state index in [4.69, 9.17) is 21.6 Å². The van der Waals surface area contributed by atoms with E-state index < -0.39 is 5.97 Å². The number of esters is 1. The molecule has 0 aromatic heterocycles. The summed E-state index contributed by atoms with van der Waals surface area (Å²) >= 11 is 5.78. The minimum Gasteiger partial charge on any atom is -0.465 e. The van der Waals surface area contributed by atoms with Gasteiger partial charge in [0, 0.05) is 10.7 Å². The Morgan fingerprint density at radius 3 is 2.78 bits per heavy atom. The second-order valence-corrected chi connectivity index (χ2v) is 3.69. The molecule has 0 fully saturated rings. The summed E-state index contributed by atoms with van der Waals surface area (Å²) in [7, 11) is 0. The molecule has 0 N–H and O–H groups in total. The van der Waals surface area contributed by atoms with Crippen LogP contribution >= 0.6 is 11.6 Å². The molecule has 0 unspecified atom stereocenters. The van der Waals surface area contributed by atoms with Gasteiger partial charge in [0.2, 0.25) is 6.19 Å². The second-order valence-electron chi connectivity index (χ2n) is 3.25. The lowest BCUT2D eigenvalue weighted by atomic mass is 10.3. The molecule has 0 spiro atoms. The first-order valence-corrected chi connectivity index (χ1v) is 5.65. The van der Waals surface area contributed by atoms with Gasteiger partial charge in [-0.2, -0.15) is 10.3 Å². The van der Waals surface area contributed by atoms with Gasteiger partial charge in [0.15, 0.2) is 0 Å². The Morgan fingerprint density at radius 1 is 1.56 bits per heavy atom. The van der Waals surface area contributed by atoms with Crippen LogP contribution in [0.3, 0.4) is 0 Å². The molecule has 1 aromatic carbocycles. The number of aliphatic imine (C=N–C) groups is 1. The van der Waals surface area contributed by atoms with Crippen molar-refractivity contribution in [3.8, 4) is 6.19 Å². The van der Waals surface area contributed by atoms with Crippen LogP contribution in [0.5, 0.6) is 0 Å². The monoisotopic (exact) mass is 265 g/mol. The molecule has 0 aliphatic rings. The van der Waals surface area contributed by atoms with Crippen molar-refractivity contribution < 1.29 is 9.53 Å². The number of halogens is 1. The van der Waals surface area contributed by atoms with Gasteiger partial charge in [0.05, 0.1) is 6.61 Å². The molecular weight excluding hydrogens is 254 g/mol. The number of ether oxygens (including phenoxy) is 1. The molecule has 0 heterocycles. The Morgan fingerprint density at radius 2 is 2.22 bits per heavy atom. The van der Waals surface area contributed by atoms with E-state index in [0.717, 1.165) is 0 Å². The number of hydrogen-bond acceptors (Lipinski definition) is 4. The fourth-order valence-electron chi connectivity index (χ4n) is 1.27. The van der Waals surface area contributed by atoms with Crippen molar-refractivity contribution in [2.45, 2.75) is 6.92 Å². The maximum absolute atomic E-state index is 11.4. The van der Waals surface area contributed by atoms with Gasteiger partial charge in [-0.25, -0.2) is 0 Å². The third-order valence-corrected chi connectivity index (χ3v) is 2.27. The van der Waals surface area contributed by atoms with Crippen molar-refractivity contribution in [3.63, 3.8) is 0 Å². The summed E-state index contributed by atoms with van der Waals surface area (Å²) in [5.74, 6) is -0.392. The van der Waals surface area contributed by atoms with Crippen LogP contribution in [0.1, 0.15) is 6.92 Å².